The van der Waals surface area contributed by atoms with Crippen molar-refractivity contribution in [3.05, 3.63) is 64.2 Å². The molecule has 5 nitrogen and oxygen atoms in total. The lowest BCUT2D eigenvalue weighted by Crippen LogP contribution is -1.89. The molecule has 20 heavy (non-hydrogen) atoms. The van der Waals surface area contributed by atoms with Gasteiger partial charge in [0.2, 0.25) is 0 Å². The van der Waals surface area contributed by atoms with Gasteiger partial charge in [-0.1, -0.05) is 24.3 Å². The Morgan fingerprint density at radius 2 is 2.05 bits per heavy atom. The highest BCUT2D eigenvalue weighted by Crippen LogP contribution is 2.29. The fourth-order valence-corrected chi connectivity index (χ4v) is 2.54. The van der Waals surface area contributed by atoms with Crippen molar-refractivity contribution in [2.75, 3.05) is 0 Å². The molecule has 0 radical (unpaired) electrons. The van der Waals surface area contributed by atoms with Crippen LogP contribution in [-0.2, 0) is 0 Å². The first kappa shape index (κ1) is 12.4. The van der Waals surface area contributed by atoms with Gasteiger partial charge in [0.15, 0.2) is 0 Å². The lowest BCUT2D eigenvalue weighted by atomic mass is 10.2. The molecular formula is C14H9N3O2S. The van der Waals surface area contributed by atoms with Crippen LogP contribution >= 0.6 is 11.5 Å². The fraction of sp³-hybridized carbons (Fsp3) is 0. The van der Waals surface area contributed by atoms with Gasteiger partial charge in [0, 0.05) is 23.7 Å². The Hall–Kier alpha value is -2.60. The quantitative estimate of drug-likeness (QED) is 0.415. The Balaban J connectivity index is 1.94. The highest BCUT2D eigenvalue weighted by Gasteiger charge is 2.05. The van der Waals surface area contributed by atoms with Crippen molar-refractivity contribution < 1.29 is 4.92 Å². The normalized spacial score (nSPS) is 11.2. The number of fused-ring (bicyclic) bond motifs is 1. The molecule has 0 saturated carbocycles. The first-order valence-electron chi connectivity index (χ1n) is 5.87. The van der Waals surface area contributed by atoms with Gasteiger partial charge in [-0.3, -0.25) is 10.1 Å². The van der Waals surface area contributed by atoms with Crippen LogP contribution in [0.2, 0.25) is 0 Å². The third kappa shape index (κ3) is 2.41. The molecular weight excluding hydrogens is 274 g/mol. The van der Waals surface area contributed by atoms with Gasteiger partial charge in [-0.15, -0.1) is 0 Å². The highest BCUT2D eigenvalue weighted by atomic mass is 32.1. The Labute approximate surface area is 118 Å². The summed E-state index contributed by atoms with van der Waals surface area (Å²) in [7, 11) is 0. The summed E-state index contributed by atoms with van der Waals surface area (Å²) in [5.74, 6) is 0. The molecule has 3 aromatic rings. The van der Waals surface area contributed by atoms with Crippen LogP contribution in [0.25, 0.3) is 10.9 Å². The number of benzene rings is 2. The van der Waals surface area contributed by atoms with Crippen molar-refractivity contribution in [3.8, 4) is 0 Å². The predicted octanol–water partition coefficient (Wildman–Crippen LogP) is 3.96. The highest BCUT2D eigenvalue weighted by molar-refractivity contribution is 7.11. The van der Waals surface area contributed by atoms with Crippen LogP contribution in [0.15, 0.2) is 53.5 Å². The number of nitro groups is 1. The van der Waals surface area contributed by atoms with E-state index in [1.54, 1.807) is 18.3 Å². The molecule has 1 heterocycles. The van der Waals surface area contributed by atoms with Crippen LogP contribution in [0.5, 0.6) is 0 Å². The summed E-state index contributed by atoms with van der Waals surface area (Å²) < 4.78 is 4.30. The van der Waals surface area contributed by atoms with Crippen LogP contribution in [0.3, 0.4) is 0 Å². The molecule has 0 unspecified atom stereocenters. The Morgan fingerprint density at radius 1 is 1.20 bits per heavy atom. The van der Waals surface area contributed by atoms with Gasteiger partial charge >= 0.3 is 0 Å². The molecule has 2 aromatic carbocycles. The predicted molar refractivity (Wildman–Crippen MR) is 80.0 cm³/mol. The van der Waals surface area contributed by atoms with Gasteiger partial charge < -0.3 is 0 Å². The van der Waals surface area contributed by atoms with Crippen molar-refractivity contribution in [2.45, 2.75) is 0 Å². The topological polar surface area (TPSA) is 68.4 Å². The van der Waals surface area contributed by atoms with E-state index in [0.29, 0.717) is 5.56 Å². The molecule has 0 N–H and O–H groups in total. The van der Waals surface area contributed by atoms with E-state index in [1.807, 2.05) is 24.3 Å². The number of hydrogen-bond acceptors (Lipinski definition) is 5. The minimum absolute atomic E-state index is 0.0584. The minimum Gasteiger partial charge on any atom is -0.258 e. The van der Waals surface area contributed by atoms with E-state index in [-0.39, 0.29) is 5.69 Å². The zero-order valence-corrected chi connectivity index (χ0v) is 11.1. The van der Waals surface area contributed by atoms with E-state index in [2.05, 4.69) is 9.37 Å². The summed E-state index contributed by atoms with van der Waals surface area (Å²) in [6.45, 7) is 0. The Bertz CT molecular complexity index is 811. The van der Waals surface area contributed by atoms with Crippen LogP contribution in [0.4, 0.5) is 10.7 Å². The molecule has 0 aliphatic heterocycles. The largest absolute Gasteiger partial charge is 0.270 e. The molecule has 0 atom stereocenters. The maximum atomic E-state index is 10.7. The minimum atomic E-state index is -0.417. The molecule has 0 amide bonds. The SMILES string of the molecule is O=[N+]([O-])c1cccc(C=Nc2snc3ccccc23)c1. The summed E-state index contributed by atoms with van der Waals surface area (Å²) in [5, 5.41) is 12.5. The second kappa shape index (κ2) is 5.18. The zero-order valence-electron chi connectivity index (χ0n) is 10.3. The molecule has 1 aromatic heterocycles. The molecule has 3 rings (SSSR count). The number of hydrogen-bond donors (Lipinski definition) is 0. The lowest BCUT2D eigenvalue weighted by molar-refractivity contribution is -0.384. The molecule has 0 saturated heterocycles. The monoisotopic (exact) mass is 283 g/mol. The number of nitro benzene ring substituents is 1. The second-order valence-electron chi connectivity index (χ2n) is 4.12. The van der Waals surface area contributed by atoms with E-state index in [9.17, 15) is 10.1 Å². The summed E-state index contributed by atoms with van der Waals surface area (Å²) in [5.41, 5.74) is 1.66. The number of rotatable bonds is 3. The van der Waals surface area contributed by atoms with Crippen LogP contribution in [0, 0.1) is 10.1 Å². The Kier molecular flexibility index (Phi) is 3.22. The maximum Gasteiger partial charge on any atom is 0.270 e. The van der Waals surface area contributed by atoms with Gasteiger partial charge in [0.05, 0.1) is 10.4 Å². The average molecular weight is 283 g/mol. The Morgan fingerprint density at radius 3 is 2.90 bits per heavy atom. The molecule has 0 spiro atoms. The summed E-state index contributed by atoms with van der Waals surface area (Å²) >= 11 is 1.31. The number of non-ortho nitro benzene ring substituents is 1. The second-order valence-corrected chi connectivity index (χ2v) is 4.87. The van der Waals surface area contributed by atoms with Crippen molar-refractivity contribution in [1.82, 2.24) is 4.37 Å². The van der Waals surface area contributed by atoms with E-state index in [4.69, 9.17) is 0 Å². The molecule has 0 aliphatic rings. The molecule has 6 heteroatoms. The standard InChI is InChI=1S/C14H9N3O2S/c18-17(19)11-5-3-4-10(8-11)9-15-14-12-6-1-2-7-13(12)16-20-14/h1-9H. The van der Waals surface area contributed by atoms with Crippen molar-refractivity contribution >= 4 is 39.3 Å². The van der Waals surface area contributed by atoms with Gasteiger partial charge in [-0.25, -0.2) is 4.99 Å². The summed E-state index contributed by atoms with van der Waals surface area (Å²) in [4.78, 5) is 14.7. The van der Waals surface area contributed by atoms with Crippen LogP contribution in [-0.4, -0.2) is 15.5 Å². The average Bonchev–Trinajstić information content (AvgIpc) is 2.89. The van der Waals surface area contributed by atoms with Gasteiger partial charge in [-0.2, -0.15) is 4.37 Å². The summed E-state index contributed by atoms with van der Waals surface area (Å²) in [6, 6.07) is 14.1. The lowest BCUT2D eigenvalue weighted by Gasteiger charge is -1.93. The number of aromatic nitrogens is 1. The van der Waals surface area contributed by atoms with E-state index < -0.39 is 4.92 Å². The first-order chi connectivity index (χ1) is 9.74. The molecule has 0 aliphatic carbocycles. The molecule has 0 bridgehead atoms. The third-order valence-corrected chi connectivity index (χ3v) is 3.56. The molecule has 0 fully saturated rings. The van der Waals surface area contributed by atoms with Crippen LogP contribution in [0.1, 0.15) is 5.56 Å². The zero-order chi connectivity index (χ0) is 13.9. The summed E-state index contributed by atoms with van der Waals surface area (Å²) in [6.07, 6.45) is 1.62. The third-order valence-electron chi connectivity index (χ3n) is 2.78. The van der Waals surface area contributed by atoms with E-state index in [0.717, 1.165) is 15.9 Å². The fourth-order valence-electron chi connectivity index (χ4n) is 1.82. The van der Waals surface area contributed by atoms with Gasteiger partial charge in [-0.05, 0) is 29.2 Å². The van der Waals surface area contributed by atoms with Crippen LogP contribution < -0.4 is 0 Å². The van der Waals surface area contributed by atoms with E-state index in [1.165, 1.54) is 23.7 Å². The molecule has 98 valence electrons. The van der Waals surface area contributed by atoms with Gasteiger partial charge in [0.1, 0.15) is 5.00 Å². The maximum absolute atomic E-state index is 10.7. The smallest absolute Gasteiger partial charge is 0.258 e. The van der Waals surface area contributed by atoms with Crippen molar-refractivity contribution in [3.63, 3.8) is 0 Å². The van der Waals surface area contributed by atoms with Crippen molar-refractivity contribution in [1.29, 1.82) is 0 Å². The first-order valence-corrected chi connectivity index (χ1v) is 6.64. The van der Waals surface area contributed by atoms with Gasteiger partial charge in [0.25, 0.3) is 5.69 Å². The van der Waals surface area contributed by atoms with Crippen molar-refractivity contribution in [2.24, 2.45) is 4.99 Å². The van der Waals surface area contributed by atoms with E-state index >= 15 is 0 Å². The number of nitrogens with zero attached hydrogens (tertiary/aromatic N) is 3. The number of aliphatic imine (C=N–C) groups is 1.